The Hall–Kier alpha value is -3.67. The van der Waals surface area contributed by atoms with Crippen LogP contribution in [0, 0.1) is 0 Å². The molecule has 0 unspecified atom stereocenters. The molecule has 2 heterocycles. The predicted molar refractivity (Wildman–Crippen MR) is 121 cm³/mol. The van der Waals surface area contributed by atoms with Gasteiger partial charge in [0.15, 0.2) is 0 Å². The fraction of sp³-hybridized carbons (Fsp3) is 0.240. The van der Waals surface area contributed by atoms with Crippen molar-refractivity contribution >= 4 is 17.6 Å². The summed E-state index contributed by atoms with van der Waals surface area (Å²) in [7, 11) is 0. The van der Waals surface area contributed by atoms with Crippen LogP contribution < -0.4 is 10.6 Å². The predicted octanol–water partition coefficient (Wildman–Crippen LogP) is 4.42. The van der Waals surface area contributed by atoms with Gasteiger partial charge in [0.25, 0.3) is 5.91 Å². The molecule has 6 heteroatoms. The van der Waals surface area contributed by atoms with Gasteiger partial charge in [0.1, 0.15) is 0 Å². The fourth-order valence-corrected chi connectivity index (χ4v) is 3.88. The van der Waals surface area contributed by atoms with E-state index in [0.717, 1.165) is 36.2 Å². The molecule has 1 fully saturated rings. The van der Waals surface area contributed by atoms with Gasteiger partial charge in [0, 0.05) is 49.2 Å². The van der Waals surface area contributed by atoms with Crippen molar-refractivity contribution in [2.45, 2.75) is 25.3 Å². The van der Waals surface area contributed by atoms with E-state index in [0.29, 0.717) is 18.7 Å². The smallest absolute Gasteiger partial charge is 0.321 e. The van der Waals surface area contributed by atoms with Crippen LogP contribution in [0.4, 0.5) is 10.5 Å². The van der Waals surface area contributed by atoms with E-state index < -0.39 is 0 Å². The van der Waals surface area contributed by atoms with E-state index in [-0.39, 0.29) is 17.9 Å². The molecule has 6 nitrogen and oxygen atoms in total. The van der Waals surface area contributed by atoms with Crippen LogP contribution in [0.25, 0.3) is 0 Å². The molecule has 31 heavy (non-hydrogen) atoms. The lowest BCUT2D eigenvalue weighted by Gasteiger charge is -2.33. The topological polar surface area (TPSA) is 74.3 Å². The van der Waals surface area contributed by atoms with Crippen molar-refractivity contribution in [1.29, 1.82) is 0 Å². The Morgan fingerprint density at radius 3 is 2.71 bits per heavy atom. The summed E-state index contributed by atoms with van der Waals surface area (Å²) < 4.78 is 0. The highest BCUT2D eigenvalue weighted by Gasteiger charge is 2.25. The molecule has 1 aliphatic rings. The first-order valence-electron chi connectivity index (χ1n) is 10.6. The van der Waals surface area contributed by atoms with Crippen molar-refractivity contribution < 1.29 is 9.59 Å². The molecule has 1 aliphatic heterocycles. The number of anilines is 1. The molecule has 1 aromatic heterocycles. The van der Waals surface area contributed by atoms with Gasteiger partial charge in [-0.2, -0.15) is 0 Å². The second-order valence-electron chi connectivity index (χ2n) is 7.75. The van der Waals surface area contributed by atoms with Crippen LogP contribution in [-0.2, 0) is 6.54 Å². The molecule has 3 amide bonds. The lowest BCUT2D eigenvalue weighted by Crippen LogP contribution is -2.41. The van der Waals surface area contributed by atoms with Gasteiger partial charge in [-0.05, 0) is 54.3 Å². The van der Waals surface area contributed by atoms with Crippen molar-refractivity contribution in [3.8, 4) is 0 Å². The van der Waals surface area contributed by atoms with Gasteiger partial charge in [-0.25, -0.2) is 4.79 Å². The van der Waals surface area contributed by atoms with Crippen LogP contribution in [0.5, 0.6) is 0 Å². The molecule has 2 aromatic carbocycles. The highest BCUT2D eigenvalue weighted by Crippen LogP contribution is 2.28. The zero-order valence-corrected chi connectivity index (χ0v) is 17.3. The Labute approximate surface area is 182 Å². The average molecular weight is 415 g/mol. The van der Waals surface area contributed by atoms with E-state index in [4.69, 9.17) is 0 Å². The van der Waals surface area contributed by atoms with Gasteiger partial charge in [-0.1, -0.05) is 36.4 Å². The number of likely N-dealkylation sites (tertiary alicyclic amines) is 1. The number of hydrogen-bond acceptors (Lipinski definition) is 3. The number of nitrogens with one attached hydrogen (secondary N) is 2. The first-order valence-corrected chi connectivity index (χ1v) is 10.6. The molecule has 2 N–H and O–H groups in total. The zero-order chi connectivity index (χ0) is 21.5. The summed E-state index contributed by atoms with van der Waals surface area (Å²) in [5.74, 6) is 0.0986. The summed E-state index contributed by atoms with van der Waals surface area (Å²) >= 11 is 0. The lowest BCUT2D eigenvalue weighted by molar-refractivity contribution is 0.0950. The van der Waals surface area contributed by atoms with Crippen molar-refractivity contribution in [3.63, 3.8) is 0 Å². The number of para-hydroxylation sites is 1. The number of benzene rings is 2. The second-order valence-corrected chi connectivity index (χ2v) is 7.75. The number of hydrogen-bond donors (Lipinski definition) is 2. The van der Waals surface area contributed by atoms with E-state index >= 15 is 0 Å². The maximum absolute atomic E-state index is 12.7. The van der Waals surface area contributed by atoms with Crippen LogP contribution in [-0.4, -0.2) is 34.9 Å². The SMILES string of the molecule is O=C(NCc1cccnc1)c1cccc([C@H]2CCCN(C(=O)Nc3ccccc3)C2)c1. The first kappa shape index (κ1) is 20.6. The highest BCUT2D eigenvalue weighted by atomic mass is 16.2. The molecular weight excluding hydrogens is 388 g/mol. The Kier molecular flexibility index (Phi) is 6.57. The standard InChI is InChI=1S/C25H26N4O2/c30-24(27-17-19-7-5-13-26-16-19)21-9-4-8-20(15-21)22-10-6-14-29(18-22)25(31)28-23-11-2-1-3-12-23/h1-5,7-9,11-13,15-16,22H,6,10,14,17-18H2,(H,27,30)(H,28,31)/t22-/m0/s1. The maximum atomic E-state index is 12.7. The van der Waals surface area contributed by atoms with Gasteiger partial charge < -0.3 is 15.5 Å². The van der Waals surface area contributed by atoms with Crippen molar-refractivity contribution in [2.75, 3.05) is 18.4 Å². The molecule has 1 saturated heterocycles. The third-order valence-electron chi connectivity index (χ3n) is 5.53. The number of amides is 3. The van der Waals surface area contributed by atoms with Crippen molar-refractivity contribution in [3.05, 3.63) is 95.8 Å². The van der Waals surface area contributed by atoms with Gasteiger partial charge in [0.2, 0.25) is 0 Å². The Morgan fingerprint density at radius 1 is 1.03 bits per heavy atom. The van der Waals surface area contributed by atoms with Gasteiger partial charge in [-0.3, -0.25) is 9.78 Å². The normalized spacial score (nSPS) is 15.9. The summed E-state index contributed by atoms with van der Waals surface area (Å²) in [6.45, 7) is 1.81. The molecule has 0 radical (unpaired) electrons. The minimum absolute atomic E-state index is 0.0822. The van der Waals surface area contributed by atoms with Crippen LogP contribution in [0.15, 0.2) is 79.1 Å². The summed E-state index contributed by atoms with van der Waals surface area (Å²) in [6, 6.07) is 20.9. The molecule has 158 valence electrons. The Morgan fingerprint density at radius 2 is 1.90 bits per heavy atom. The Bertz CT molecular complexity index is 1020. The minimum atomic E-state index is -0.111. The third-order valence-corrected chi connectivity index (χ3v) is 5.53. The van der Waals surface area contributed by atoms with E-state index in [9.17, 15) is 9.59 Å². The number of pyridine rings is 1. The zero-order valence-electron chi connectivity index (χ0n) is 17.3. The van der Waals surface area contributed by atoms with Crippen molar-refractivity contribution in [2.24, 2.45) is 0 Å². The second kappa shape index (κ2) is 9.89. The molecule has 0 aliphatic carbocycles. The van der Waals surface area contributed by atoms with Crippen LogP contribution >= 0.6 is 0 Å². The molecule has 4 rings (SSSR count). The number of piperidine rings is 1. The molecular formula is C25H26N4O2. The summed E-state index contributed by atoms with van der Waals surface area (Å²) in [4.78, 5) is 31.2. The third kappa shape index (κ3) is 5.48. The number of nitrogens with zero attached hydrogens (tertiary/aromatic N) is 2. The monoisotopic (exact) mass is 414 g/mol. The summed E-state index contributed by atoms with van der Waals surface area (Å²) in [6.07, 6.45) is 5.39. The number of rotatable bonds is 5. The minimum Gasteiger partial charge on any atom is -0.348 e. The van der Waals surface area contributed by atoms with Crippen LogP contribution in [0.3, 0.4) is 0 Å². The number of carbonyl (C=O) groups is 2. The largest absolute Gasteiger partial charge is 0.348 e. The summed E-state index contributed by atoms with van der Waals surface area (Å²) in [5, 5.41) is 5.91. The van der Waals surface area contributed by atoms with Gasteiger partial charge in [0.05, 0.1) is 0 Å². The maximum Gasteiger partial charge on any atom is 0.321 e. The van der Waals surface area contributed by atoms with Gasteiger partial charge >= 0.3 is 6.03 Å². The molecule has 0 bridgehead atoms. The summed E-state index contributed by atoms with van der Waals surface area (Å²) in [5.41, 5.74) is 3.47. The van der Waals surface area contributed by atoms with Crippen LogP contribution in [0.2, 0.25) is 0 Å². The van der Waals surface area contributed by atoms with E-state index in [1.807, 2.05) is 71.6 Å². The number of urea groups is 1. The van der Waals surface area contributed by atoms with Crippen molar-refractivity contribution in [1.82, 2.24) is 15.2 Å². The first-order chi connectivity index (χ1) is 15.2. The molecule has 0 spiro atoms. The average Bonchev–Trinajstić information content (AvgIpc) is 2.84. The Balaban J connectivity index is 1.38. The van der Waals surface area contributed by atoms with E-state index in [1.54, 1.807) is 12.4 Å². The number of carbonyl (C=O) groups excluding carboxylic acids is 2. The number of aromatic nitrogens is 1. The molecule has 1 atom stereocenters. The van der Waals surface area contributed by atoms with E-state index in [2.05, 4.69) is 15.6 Å². The highest BCUT2D eigenvalue weighted by molar-refractivity contribution is 5.94. The quantitative estimate of drug-likeness (QED) is 0.649. The fourth-order valence-electron chi connectivity index (χ4n) is 3.88. The van der Waals surface area contributed by atoms with Crippen LogP contribution in [0.1, 0.15) is 40.2 Å². The molecule has 3 aromatic rings. The van der Waals surface area contributed by atoms with E-state index in [1.165, 1.54) is 0 Å². The lowest BCUT2D eigenvalue weighted by atomic mass is 9.89. The molecule has 0 saturated carbocycles. The van der Waals surface area contributed by atoms with Gasteiger partial charge in [-0.15, -0.1) is 0 Å².